The van der Waals surface area contributed by atoms with Crippen molar-refractivity contribution in [3.05, 3.63) is 74.8 Å². The Morgan fingerprint density at radius 1 is 1.15 bits per heavy atom. The van der Waals surface area contributed by atoms with Crippen LogP contribution in [0.1, 0.15) is 49.0 Å². The molecular weight excluding hydrogens is 438 g/mol. The number of dihydropyridines is 1. The van der Waals surface area contributed by atoms with Crippen LogP contribution in [0.25, 0.3) is 0 Å². The molecule has 0 fully saturated rings. The van der Waals surface area contributed by atoms with E-state index in [4.69, 9.17) is 14.2 Å². The Kier molecular flexibility index (Phi) is 7.30. The summed E-state index contributed by atoms with van der Waals surface area (Å²) >= 11 is 1.68. The van der Waals surface area contributed by atoms with Crippen molar-refractivity contribution in [1.29, 1.82) is 0 Å². The molecule has 1 N–H and O–H groups in total. The van der Waals surface area contributed by atoms with Crippen LogP contribution in [-0.4, -0.2) is 38.7 Å². The van der Waals surface area contributed by atoms with Crippen molar-refractivity contribution in [2.24, 2.45) is 0 Å². The van der Waals surface area contributed by atoms with Crippen LogP contribution >= 0.6 is 11.3 Å². The molecule has 0 radical (unpaired) electrons. The summed E-state index contributed by atoms with van der Waals surface area (Å²) in [6.07, 6.45) is 1.16. The molecule has 1 aromatic heterocycles. The lowest BCUT2D eigenvalue weighted by Crippen LogP contribution is -2.36. The molecule has 7 heteroatoms. The summed E-state index contributed by atoms with van der Waals surface area (Å²) in [5.41, 5.74) is 3.61. The first-order chi connectivity index (χ1) is 16.0. The van der Waals surface area contributed by atoms with E-state index in [1.807, 2.05) is 49.6 Å². The summed E-state index contributed by atoms with van der Waals surface area (Å²) in [7, 11) is 1.61. The Hall–Kier alpha value is -2.90. The van der Waals surface area contributed by atoms with Crippen LogP contribution in [0.5, 0.6) is 5.75 Å². The number of allylic oxidation sites excluding steroid dienone is 3. The third-order valence-electron chi connectivity index (χ3n) is 6.11. The molecule has 33 heavy (non-hydrogen) atoms. The predicted octanol–water partition coefficient (Wildman–Crippen LogP) is 4.70. The van der Waals surface area contributed by atoms with E-state index in [0.717, 1.165) is 29.1 Å². The zero-order chi connectivity index (χ0) is 23.4. The maximum Gasteiger partial charge on any atom is 0.336 e. The zero-order valence-corrected chi connectivity index (χ0v) is 20.0. The van der Waals surface area contributed by atoms with E-state index in [0.29, 0.717) is 30.8 Å². The standard InChI is InChI=1S/C26H29NO5S/c1-4-31-11-12-32-26(29)23-16(2)27-20-14-18(22-6-5-13-33-22)15-21(28)25(20)24(23)17-7-9-19(30-3)10-8-17/h5-10,13,18,24,27H,4,11-12,14-15H2,1-3H3/t18-,24-/m1/s1. The van der Waals surface area contributed by atoms with E-state index >= 15 is 0 Å². The molecule has 2 aliphatic rings. The largest absolute Gasteiger partial charge is 0.497 e. The van der Waals surface area contributed by atoms with Gasteiger partial charge in [0.25, 0.3) is 0 Å². The van der Waals surface area contributed by atoms with Crippen molar-refractivity contribution in [3.63, 3.8) is 0 Å². The van der Waals surface area contributed by atoms with E-state index in [1.165, 1.54) is 4.88 Å². The van der Waals surface area contributed by atoms with E-state index in [9.17, 15) is 9.59 Å². The predicted molar refractivity (Wildman–Crippen MR) is 127 cm³/mol. The molecule has 6 nitrogen and oxygen atoms in total. The van der Waals surface area contributed by atoms with Gasteiger partial charge in [0.15, 0.2) is 5.78 Å². The van der Waals surface area contributed by atoms with Crippen LogP contribution in [0.2, 0.25) is 0 Å². The Bertz CT molecular complexity index is 1070. The number of methoxy groups -OCH3 is 1. The number of carbonyl (C=O) groups excluding carboxylic acids is 2. The highest BCUT2D eigenvalue weighted by Crippen LogP contribution is 2.46. The van der Waals surface area contributed by atoms with Gasteiger partial charge >= 0.3 is 5.97 Å². The zero-order valence-electron chi connectivity index (χ0n) is 19.2. The second kappa shape index (κ2) is 10.4. The molecule has 0 saturated carbocycles. The smallest absolute Gasteiger partial charge is 0.336 e. The molecule has 0 saturated heterocycles. The van der Waals surface area contributed by atoms with E-state index in [-0.39, 0.29) is 18.3 Å². The maximum absolute atomic E-state index is 13.5. The summed E-state index contributed by atoms with van der Waals surface area (Å²) in [6.45, 7) is 4.83. The molecular formula is C26H29NO5S. The summed E-state index contributed by atoms with van der Waals surface area (Å²) in [5.74, 6) is 0.0165. The van der Waals surface area contributed by atoms with Crippen molar-refractivity contribution in [3.8, 4) is 5.75 Å². The van der Waals surface area contributed by atoms with Gasteiger partial charge in [-0.15, -0.1) is 11.3 Å². The monoisotopic (exact) mass is 467 g/mol. The third-order valence-corrected chi connectivity index (χ3v) is 7.14. The highest BCUT2D eigenvalue weighted by Gasteiger charge is 2.41. The van der Waals surface area contributed by atoms with Gasteiger partial charge < -0.3 is 19.5 Å². The van der Waals surface area contributed by atoms with Gasteiger partial charge in [-0.1, -0.05) is 18.2 Å². The Balaban J connectivity index is 1.71. The van der Waals surface area contributed by atoms with Crippen LogP contribution in [0.15, 0.2) is 64.3 Å². The van der Waals surface area contributed by atoms with Crippen LogP contribution < -0.4 is 10.1 Å². The number of carbonyl (C=O) groups is 2. The number of esters is 1. The number of nitrogens with one attached hydrogen (secondary N) is 1. The minimum Gasteiger partial charge on any atom is -0.497 e. The van der Waals surface area contributed by atoms with Gasteiger partial charge in [0.05, 0.1) is 19.3 Å². The molecule has 1 aliphatic carbocycles. The van der Waals surface area contributed by atoms with Gasteiger partial charge in [0.1, 0.15) is 12.4 Å². The van der Waals surface area contributed by atoms with Crippen molar-refractivity contribution >= 4 is 23.1 Å². The molecule has 1 aliphatic heterocycles. The summed E-state index contributed by atoms with van der Waals surface area (Å²) in [6, 6.07) is 11.6. The lowest BCUT2D eigenvalue weighted by Gasteiger charge is -2.36. The van der Waals surface area contributed by atoms with E-state index < -0.39 is 11.9 Å². The van der Waals surface area contributed by atoms with Gasteiger partial charge in [0.2, 0.25) is 0 Å². The van der Waals surface area contributed by atoms with E-state index in [2.05, 4.69) is 11.4 Å². The van der Waals surface area contributed by atoms with Gasteiger partial charge in [-0.3, -0.25) is 4.79 Å². The van der Waals surface area contributed by atoms with Crippen LogP contribution in [0.3, 0.4) is 0 Å². The Morgan fingerprint density at radius 2 is 1.94 bits per heavy atom. The number of ketones is 1. The summed E-state index contributed by atoms with van der Waals surface area (Å²) < 4.78 is 16.1. The molecule has 0 spiro atoms. The fraction of sp³-hybridized carbons (Fsp3) is 0.385. The average Bonchev–Trinajstić information content (AvgIpc) is 3.36. The minimum absolute atomic E-state index is 0.0649. The first-order valence-electron chi connectivity index (χ1n) is 11.2. The molecule has 174 valence electrons. The van der Waals surface area contributed by atoms with Crippen LogP contribution in [-0.2, 0) is 19.1 Å². The SMILES string of the molecule is CCOCCOC(=O)C1=C(C)NC2=C(C(=O)C[C@H](c3cccs3)C2)[C@@H]1c1ccc(OC)cc1. The number of rotatable bonds is 8. The van der Waals surface area contributed by atoms with Gasteiger partial charge in [0, 0.05) is 46.7 Å². The average molecular weight is 468 g/mol. The molecule has 2 aromatic rings. The first kappa shape index (κ1) is 23.3. The number of thiophene rings is 1. The second-order valence-electron chi connectivity index (χ2n) is 8.14. The highest BCUT2D eigenvalue weighted by molar-refractivity contribution is 7.10. The van der Waals surface area contributed by atoms with Gasteiger partial charge in [-0.25, -0.2) is 4.79 Å². The Morgan fingerprint density at radius 3 is 2.61 bits per heavy atom. The van der Waals surface area contributed by atoms with Crippen molar-refractivity contribution in [1.82, 2.24) is 5.32 Å². The normalized spacial score (nSPS) is 20.4. The fourth-order valence-electron chi connectivity index (χ4n) is 4.58. The summed E-state index contributed by atoms with van der Waals surface area (Å²) in [5, 5.41) is 5.42. The van der Waals surface area contributed by atoms with Crippen LogP contribution in [0.4, 0.5) is 0 Å². The molecule has 1 aromatic carbocycles. The highest BCUT2D eigenvalue weighted by atomic mass is 32.1. The number of benzene rings is 1. The fourth-order valence-corrected chi connectivity index (χ4v) is 5.41. The van der Waals surface area contributed by atoms with Crippen molar-refractivity contribution < 1.29 is 23.8 Å². The third kappa shape index (κ3) is 4.89. The molecule has 2 atom stereocenters. The lowest BCUT2D eigenvalue weighted by atomic mass is 9.72. The molecule has 4 rings (SSSR count). The minimum atomic E-state index is -0.483. The molecule has 2 heterocycles. The van der Waals surface area contributed by atoms with Crippen molar-refractivity contribution in [2.75, 3.05) is 26.9 Å². The molecule has 0 bridgehead atoms. The van der Waals surface area contributed by atoms with Crippen molar-refractivity contribution in [2.45, 2.75) is 38.5 Å². The van der Waals surface area contributed by atoms with Gasteiger partial charge in [-0.2, -0.15) is 0 Å². The number of ether oxygens (including phenoxy) is 3. The summed E-state index contributed by atoms with van der Waals surface area (Å²) in [4.78, 5) is 27.9. The van der Waals surface area contributed by atoms with Crippen LogP contribution in [0, 0.1) is 0 Å². The Labute approximate surface area is 198 Å². The topological polar surface area (TPSA) is 73.9 Å². The van der Waals surface area contributed by atoms with E-state index in [1.54, 1.807) is 18.4 Å². The number of hydrogen-bond donors (Lipinski definition) is 1. The lowest BCUT2D eigenvalue weighted by molar-refractivity contribution is -0.140. The van der Waals surface area contributed by atoms with Gasteiger partial charge in [-0.05, 0) is 49.4 Å². The second-order valence-corrected chi connectivity index (χ2v) is 9.12. The number of hydrogen-bond acceptors (Lipinski definition) is 7. The quantitative estimate of drug-likeness (QED) is 0.448. The molecule has 0 amide bonds. The first-order valence-corrected chi connectivity index (χ1v) is 12.1. The molecule has 0 unspecified atom stereocenters. The number of Topliss-reactive ketones (excluding diaryl/α,β-unsaturated/α-hetero) is 1. The maximum atomic E-state index is 13.5.